The van der Waals surface area contributed by atoms with Crippen molar-refractivity contribution in [3.05, 3.63) is 18.2 Å². The van der Waals surface area contributed by atoms with Gasteiger partial charge in [-0.15, -0.1) is 0 Å². The molecule has 1 rings (SSSR count). The molecule has 0 fully saturated rings. The van der Waals surface area contributed by atoms with Crippen LogP contribution in [0.3, 0.4) is 0 Å². The summed E-state index contributed by atoms with van der Waals surface area (Å²) in [4.78, 5) is 11.5. The van der Waals surface area contributed by atoms with Gasteiger partial charge in [0.25, 0.3) is 20.2 Å². The predicted octanol–water partition coefficient (Wildman–Crippen LogP) is 0.147. The summed E-state index contributed by atoms with van der Waals surface area (Å²) in [5.41, 5.74) is -0.641. The molecule has 0 aliphatic carbocycles. The van der Waals surface area contributed by atoms with E-state index >= 15 is 0 Å². The van der Waals surface area contributed by atoms with Crippen LogP contribution in [0.1, 0.15) is 0 Å². The summed E-state index contributed by atoms with van der Waals surface area (Å²) >= 11 is 0. The van der Waals surface area contributed by atoms with Gasteiger partial charge in [-0.25, -0.2) is 4.79 Å². The van der Waals surface area contributed by atoms with E-state index in [0.29, 0.717) is 12.1 Å². The molecule has 0 radical (unpaired) electrons. The van der Waals surface area contributed by atoms with Gasteiger partial charge in [0.15, 0.2) is 0 Å². The highest BCUT2D eigenvalue weighted by Crippen LogP contribution is 2.26. The van der Waals surface area contributed by atoms with Crippen LogP contribution in [0.2, 0.25) is 0 Å². The molecule has 10 heteroatoms. The molecule has 0 bridgehead atoms. The Kier molecular flexibility index (Phi) is 3.45. The van der Waals surface area contributed by atoms with Gasteiger partial charge in [0.05, 0.1) is 10.6 Å². The second-order valence-corrected chi connectivity index (χ2v) is 5.59. The van der Waals surface area contributed by atoms with Crippen molar-refractivity contribution in [1.29, 1.82) is 0 Å². The third-order valence-corrected chi connectivity index (χ3v) is 3.42. The van der Waals surface area contributed by atoms with E-state index in [1.165, 1.54) is 0 Å². The third-order valence-electron chi connectivity index (χ3n) is 1.67. The summed E-state index contributed by atoms with van der Waals surface area (Å²) in [6.07, 6.45) is 0.998. The molecule has 0 heterocycles. The minimum absolute atomic E-state index is 0.614. The maximum atomic E-state index is 10.8. The van der Waals surface area contributed by atoms with E-state index in [1.807, 2.05) is 0 Å². The molecular weight excluding hydrogens is 274 g/mol. The number of benzene rings is 1. The zero-order valence-corrected chi connectivity index (χ0v) is 9.56. The lowest BCUT2D eigenvalue weighted by atomic mass is 10.3. The normalized spacial score (nSPS) is 11.9. The molecule has 0 atom stereocenters. The van der Waals surface area contributed by atoms with Crippen LogP contribution in [0.4, 0.5) is 5.69 Å². The highest BCUT2D eigenvalue weighted by atomic mass is 32.2. The fourth-order valence-corrected chi connectivity index (χ4v) is 2.12. The van der Waals surface area contributed by atoms with Crippen molar-refractivity contribution < 1.29 is 30.7 Å². The lowest BCUT2D eigenvalue weighted by molar-refractivity contribution is 0.478. The molecule has 0 saturated carbocycles. The number of hydrogen-bond donors (Lipinski definition) is 2. The van der Waals surface area contributed by atoms with Crippen LogP contribution in [0.5, 0.6) is 0 Å². The number of isocyanates is 1. The molecule has 0 aliphatic rings. The first-order valence-electron chi connectivity index (χ1n) is 3.83. The Labute approximate surface area is 96.1 Å². The summed E-state index contributed by atoms with van der Waals surface area (Å²) in [7, 11) is -9.24. The molecule has 17 heavy (non-hydrogen) atoms. The van der Waals surface area contributed by atoms with Crippen LogP contribution in [0, 0.1) is 0 Å². The molecule has 8 nitrogen and oxygen atoms in total. The summed E-state index contributed by atoms with van der Waals surface area (Å²) in [6, 6.07) is 2.04. The zero-order valence-electron chi connectivity index (χ0n) is 7.93. The van der Waals surface area contributed by atoms with E-state index in [1.54, 1.807) is 0 Å². The molecule has 0 spiro atoms. The smallest absolute Gasteiger partial charge is 0.282 e. The quantitative estimate of drug-likeness (QED) is 0.456. The van der Waals surface area contributed by atoms with Gasteiger partial charge in [0, 0.05) is 0 Å². The second-order valence-electron chi connectivity index (χ2n) is 2.78. The van der Waals surface area contributed by atoms with Crippen LogP contribution in [-0.2, 0) is 25.0 Å². The fraction of sp³-hybridized carbons (Fsp3) is 0. The summed E-state index contributed by atoms with van der Waals surface area (Å²) in [5, 5.41) is 0. The lowest BCUT2D eigenvalue weighted by Crippen LogP contribution is -2.02. The van der Waals surface area contributed by atoms with Gasteiger partial charge < -0.3 is 0 Å². The van der Waals surface area contributed by atoms with Crippen molar-refractivity contribution in [2.75, 3.05) is 0 Å². The molecular formula is C7H5NO7S2. The number of aliphatic imine (C=N–C) groups is 1. The van der Waals surface area contributed by atoms with E-state index in [9.17, 15) is 21.6 Å². The number of hydrogen-bond acceptors (Lipinski definition) is 6. The molecule has 0 saturated heterocycles. The van der Waals surface area contributed by atoms with Gasteiger partial charge in [-0.05, 0) is 18.2 Å². The van der Waals surface area contributed by atoms with Gasteiger partial charge in [-0.2, -0.15) is 21.8 Å². The van der Waals surface area contributed by atoms with Crippen molar-refractivity contribution in [3.63, 3.8) is 0 Å². The molecule has 0 aliphatic heterocycles. The lowest BCUT2D eigenvalue weighted by Gasteiger charge is -2.02. The Hall–Kier alpha value is -1.58. The van der Waals surface area contributed by atoms with E-state index in [4.69, 9.17) is 9.11 Å². The first kappa shape index (κ1) is 13.5. The van der Waals surface area contributed by atoms with Crippen molar-refractivity contribution in [2.24, 2.45) is 4.99 Å². The van der Waals surface area contributed by atoms with E-state index in [-0.39, 0.29) is 0 Å². The molecule has 92 valence electrons. The average Bonchev–Trinajstić information content (AvgIpc) is 2.15. The maximum absolute atomic E-state index is 10.8. The van der Waals surface area contributed by atoms with Gasteiger partial charge >= 0.3 is 0 Å². The monoisotopic (exact) mass is 279 g/mol. The van der Waals surface area contributed by atoms with Crippen molar-refractivity contribution in [1.82, 2.24) is 0 Å². The molecule has 0 amide bonds. The zero-order chi connectivity index (χ0) is 13.3. The summed E-state index contributed by atoms with van der Waals surface area (Å²) < 4.78 is 60.7. The Balaban J connectivity index is 3.65. The predicted molar refractivity (Wildman–Crippen MR) is 53.9 cm³/mol. The van der Waals surface area contributed by atoms with E-state index < -0.39 is 35.7 Å². The number of carbonyl (C=O) groups excluding carboxylic acids is 1. The van der Waals surface area contributed by atoms with Gasteiger partial charge in [0.1, 0.15) is 4.90 Å². The Morgan fingerprint density at radius 1 is 1.06 bits per heavy atom. The highest BCUT2D eigenvalue weighted by molar-refractivity contribution is 7.86. The van der Waals surface area contributed by atoms with Crippen LogP contribution < -0.4 is 0 Å². The Bertz CT molecular complexity index is 698. The minimum atomic E-state index is -4.67. The average molecular weight is 279 g/mol. The molecule has 2 N–H and O–H groups in total. The second kappa shape index (κ2) is 4.35. The van der Waals surface area contributed by atoms with Crippen molar-refractivity contribution in [2.45, 2.75) is 9.79 Å². The summed E-state index contributed by atoms with van der Waals surface area (Å²) in [6.45, 7) is 0. The molecule has 1 aromatic rings. The van der Waals surface area contributed by atoms with Gasteiger partial charge in [-0.3, -0.25) is 9.11 Å². The highest BCUT2D eigenvalue weighted by Gasteiger charge is 2.19. The van der Waals surface area contributed by atoms with Crippen LogP contribution in [0.15, 0.2) is 33.0 Å². The number of nitrogens with zero attached hydrogens (tertiary/aromatic N) is 1. The summed E-state index contributed by atoms with van der Waals surface area (Å²) in [5.74, 6) is 0. The largest absolute Gasteiger partial charge is 0.296 e. The van der Waals surface area contributed by atoms with Crippen LogP contribution in [-0.4, -0.2) is 32.0 Å². The van der Waals surface area contributed by atoms with Crippen molar-refractivity contribution >= 4 is 32.0 Å². The van der Waals surface area contributed by atoms with Crippen molar-refractivity contribution in [3.8, 4) is 0 Å². The third kappa shape index (κ3) is 3.19. The SMILES string of the molecule is O=C=Nc1cc(S(=O)(=O)O)ccc1S(=O)(=O)O. The first-order valence-corrected chi connectivity index (χ1v) is 6.71. The maximum Gasteiger partial charge on any atom is 0.296 e. The van der Waals surface area contributed by atoms with Gasteiger partial charge in [-0.1, -0.05) is 0 Å². The number of rotatable bonds is 3. The molecule has 0 aromatic heterocycles. The van der Waals surface area contributed by atoms with Crippen LogP contribution in [0.25, 0.3) is 0 Å². The van der Waals surface area contributed by atoms with E-state index in [2.05, 4.69) is 4.99 Å². The fourth-order valence-electron chi connectivity index (χ4n) is 1.01. The Morgan fingerprint density at radius 3 is 2.06 bits per heavy atom. The first-order chi connectivity index (χ1) is 7.66. The van der Waals surface area contributed by atoms with Crippen LogP contribution >= 0.6 is 0 Å². The molecule has 0 unspecified atom stereocenters. The Morgan fingerprint density at radius 2 is 1.65 bits per heavy atom. The minimum Gasteiger partial charge on any atom is -0.282 e. The van der Waals surface area contributed by atoms with E-state index in [0.717, 1.165) is 12.1 Å². The topological polar surface area (TPSA) is 138 Å². The van der Waals surface area contributed by atoms with Gasteiger partial charge in [0.2, 0.25) is 6.08 Å². The standard InChI is InChI=1S/C7H5NO7S2/c9-4-8-6-3-5(16(10,11)12)1-2-7(6)17(13,14)15/h1-3H,(H,10,11,12)(H,13,14,15). The molecule has 1 aromatic carbocycles.